The number of nitrogens with one attached hydrogen (secondary N) is 2. The average molecular weight is 576 g/mol. The highest BCUT2D eigenvalue weighted by atomic mass is 31.2. The fraction of sp³-hybridized carbons (Fsp3) is 0.429. The largest absolute Gasteiger partial charge is 0.416 e. The molecule has 4 rings (SSSR count). The maximum atomic E-state index is 13.7. The van der Waals surface area contributed by atoms with Crippen molar-refractivity contribution in [2.24, 2.45) is 0 Å². The van der Waals surface area contributed by atoms with E-state index in [2.05, 4.69) is 20.6 Å². The zero-order valence-corrected chi connectivity index (χ0v) is 24.2. The summed E-state index contributed by atoms with van der Waals surface area (Å²) >= 11 is 0. The molecule has 2 N–H and O–H groups in total. The van der Waals surface area contributed by atoms with Crippen LogP contribution < -0.4 is 15.9 Å². The number of alkyl halides is 3. The van der Waals surface area contributed by atoms with Crippen molar-refractivity contribution < 1.29 is 27.3 Å². The molecule has 1 aromatic heterocycles. The average Bonchev–Trinajstić information content (AvgIpc) is 3.29. The third-order valence-corrected chi connectivity index (χ3v) is 8.65. The molecule has 2 atom stereocenters. The minimum Gasteiger partial charge on any atom is -0.363 e. The quantitative estimate of drug-likeness (QED) is 0.400. The van der Waals surface area contributed by atoms with Crippen molar-refractivity contribution in [1.82, 2.24) is 20.2 Å². The molecule has 1 saturated heterocycles. The Labute approximate surface area is 231 Å². The summed E-state index contributed by atoms with van der Waals surface area (Å²) in [6, 6.07) is 6.60. The number of nitrogens with zero attached hydrogens (tertiary/aromatic N) is 3. The standard InChI is InChI=1S/C28H33F3N5O3P/c1-15-20(8-7-9-23(15)28(29,30)31)16(2)32-26-21-12-22(27(38)36-11-10-19(14-36)35-18(4)37)25(40(5,6)39)13-24(21)33-17(3)34-26/h7-9,12-13,16,19H,10-11,14H2,1-6H3,(H,35,37)(H,32,33,34)/t16-,19-/m1/s1. The van der Waals surface area contributed by atoms with Gasteiger partial charge in [0.05, 0.1) is 22.7 Å². The molecule has 0 saturated carbocycles. The van der Waals surface area contributed by atoms with E-state index in [9.17, 15) is 27.3 Å². The zero-order valence-electron chi connectivity index (χ0n) is 23.3. The lowest BCUT2D eigenvalue weighted by atomic mass is 9.97. The van der Waals surface area contributed by atoms with E-state index in [-0.39, 0.29) is 29.0 Å². The van der Waals surface area contributed by atoms with Crippen LogP contribution >= 0.6 is 7.14 Å². The van der Waals surface area contributed by atoms with E-state index in [0.717, 1.165) is 6.07 Å². The van der Waals surface area contributed by atoms with Gasteiger partial charge in [0.15, 0.2) is 0 Å². The Kier molecular flexibility index (Phi) is 8.00. The summed E-state index contributed by atoms with van der Waals surface area (Å²) in [6.07, 6.45) is -3.88. The molecular formula is C28H33F3N5O3P. The van der Waals surface area contributed by atoms with Gasteiger partial charge in [0.25, 0.3) is 5.91 Å². The zero-order chi connectivity index (χ0) is 29.6. The van der Waals surface area contributed by atoms with Gasteiger partial charge in [-0.3, -0.25) is 9.59 Å². The van der Waals surface area contributed by atoms with Crippen molar-refractivity contribution in [3.63, 3.8) is 0 Å². The number of fused-ring (bicyclic) bond motifs is 1. The van der Waals surface area contributed by atoms with Gasteiger partial charge >= 0.3 is 6.18 Å². The molecule has 214 valence electrons. The van der Waals surface area contributed by atoms with E-state index in [4.69, 9.17) is 0 Å². The van der Waals surface area contributed by atoms with Crippen LogP contribution in [0.1, 0.15) is 59.2 Å². The second-order valence-electron chi connectivity index (χ2n) is 10.7. The molecule has 3 aromatic rings. The summed E-state index contributed by atoms with van der Waals surface area (Å²) in [7, 11) is -2.93. The fourth-order valence-corrected chi connectivity index (χ4v) is 6.41. The number of carbonyl (C=O) groups is 2. The van der Waals surface area contributed by atoms with Crippen LogP contribution in [0, 0.1) is 13.8 Å². The van der Waals surface area contributed by atoms with Crippen molar-refractivity contribution in [3.8, 4) is 0 Å². The first-order chi connectivity index (χ1) is 18.6. The van der Waals surface area contributed by atoms with Crippen LogP contribution in [0.25, 0.3) is 10.9 Å². The summed E-state index contributed by atoms with van der Waals surface area (Å²) in [6.45, 7) is 10.2. The van der Waals surface area contributed by atoms with Gasteiger partial charge in [-0.1, -0.05) is 12.1 Å². The van der Waals surface area contributed by atoms with Crippen LogP contribution in [0.5, 0.6) is 0 Å². The number of likely N-dealkylation sites (tertiary alicyclic amines) is 1. The molecule has 0 radical (unpaired) electrons. The number of anilines is 1. The molecule has 0 aliphatic carbocycles. The first kappa shape index (κ1) is 29.5. The number of carbonyl (C=O) groups excluding carboxylic acids is 2. The van der Waals surface area contributed by atoms with E-state index in [1.807, 2.05) is 0 Å². The lowest BCUT2D eigenvalue weighted by molar-refractivity contribution is -0.138. The fourth-order valence-electron chi connectivity index (χ4n) is 5.24. The molecule has 0 bridgehead atoms. The number of amides is 2. The third-order valence-electron chi connectivity index (χ3n) is 7.12. The van der Waals surface area contributed by atoms with E-state index in [1.54, 1.807) is 50.3 Å². The highest BCUT2D eigenvalue weighted by Crippen LogP contribution is 2.39. The number of aromatic nitrogens is 2. The Hall–Kier alpha value is -3.46. The number of aryl methyl sites for hydroxylation is 1. The predicted octanol–water partition coefficient (Wildman–Crippen LogP) is 5.04. The Morgan fingerprint density at radius 2 is 1.85 bits per heavy atom. The van der Waals surface area contributed by atoms with Crippen molar-refractivity contribution >= 4 is 41.0 Å². The van der Waals surface area contributed by atoms with Gasteiger partial charge in [-0.25, -0.2) is 9.97 Å². The lowest BCUT2D eigenvalue weighted by Crippen LogP contribution is -2.38. The molecule has 1 fully saturated rings. The minimum atomic E-state index is -4.48. The van der Waals surface area contributed by atoms with E-state index < -0.39 is 24.9 Å². The first-order valence-electron chi connectivity index (χ1n) is 12.9. The minimum absolute atomic E-state index is 0.115. The maximum absolute atomic E-state index is 13.7. The van der Waals surface area contributed by atoms with Gasteiger partial charge in [-0.15, -0.1) is 0 Å². The number of halogens is 3. The van der Waals surface area contributed by atoms with Crippen molar-refractivity contribution in [3.05, 3.63) is 58.4 Å². The van der Waals surface area contributed by atoms with Crippen LogP contribution in [-0.2, 0) is 15.5 Å². The van der Waals surface area contributed by atoms with Crippen LogP contribution in [0.15, 0.2) is 30.3 Å². The molecular weight excluding hydrogens is 542 g/mol. The molecule has 2 aromatic carbocycles. The number of rotatable bonds is 6. The molecule has 1 aliphatic heterocycles. The number of benzene rings is 2. The third kappa shape index (κ3) is 6.14. The first-order valence-corrected chi connectivity index (χ1v) is 15.5. The molecule has 2 heterocycles. The molecule has 1 aliphatic rings. The van der Waals surface area contributed by atoms with Gasteiger partial charge in [0.1, 0.15) is 18.8 Å². The van der Waals surface area contributed by atoms with Crippen molar-refractivity contribution in [2.75, 3.05) is 31.7 Å². The highest BCUT2D eigenvalue weighted by Gasteiger charge is 2.34. The van der Waals surface area contributed by atoms with Gasteiger partial charge in [0.2, 0.25) is 5.91 Å². The Balaban J connectivity index is 1.78. The Bertz CT molecular complexity index is 1540. The van der Waals surface area contributed by atoms with Crippen LogP contribution in [-0.4, -0.2) is 59.1 Å². The molecule has 0 unspecified atom stereocenters. The number of hydrogen-bond acceptors (Lipinski definition) is 6. The Morgan fingerprint density at radius 3 is 2.48 bits per heavy atom. The monoisotopic (exact) mass is 575 g/mol. The summed E-state index contributed by atoms with van der Waals surface area (Å²) in [5, 5.41) is 6.93. The van der Waals surface area contributed by atoms with Crippen LogP contribution in [0.4, 0.5) is 19.0 Å². The SMILES string of the molecule is CC(=O)N[C@@H]1CCN(C(=O)c2cc3c(N[C@H](C)c4cccc(C(F)(F)F)c4C)nc(C)nc3cc2P(C)(C)=O)C1. The topological polar surface area (TPSA) is 104 Å². The summed E-state index contributed by atoms with van der Waals surface area (Å²) in [5.41, 5.74) is 0.590. The van der Waals surface area contributed by atoms with Gasteiger partial charge in [-0.2, -0.15) is 13.2 Å². The predicted molar refractivity (Wildman–Crippen MR) is 150 cm³/mol. The van der Waals surface area contributed by atoms with Gasteiger partial charge in [0, 0.05) is 36.7 Å². The molecule has 0 spiro atoms. The summed E-state index contributed by atoms with van der Waals surface area (Å²) < 4.78 is 53.9. The highest BCUT2D eigenvalue weighted by molar-refractivity contribution is 7.70. The molecule has 40 heavy (non-hydrogen) atoms. The van der Waals surface area contributed by atoms with Crippen LogP contribution in [0.2, 0.25) is 0 Å². The Morgan fingerprint density at radius 1 is 1.15 bits per heavy atom. The molecule has 12 heteroatoms. The summed E-state index contributed by atoms with van der Waals surface area (Å²) in [4.78, 5) is 35.8. The molecule has 8 nitrogen and oxygen atoms in total. The van der Waals surface area contributed by atoms with E-state index >= 15 is 0 Å². The van der Waals surface area contributed by atoms with Crippen molar-refractivity contribution in [2.45, 2.75) is 52.4 Å². The second kappa shape index (κ2) is 10.8. The van der Waals surface area contributed by atoms with Gasteiger partial charge in [-0.05, 0) is 69.8 Å². The van der Waals surface area contributed by atoms with Crippen molar-refractivity contribution in [1.29, 1.82) is 0 Å². The smallest absolute Gasteiger partial charge is 0.363 e. The normalized spacial score (nSPS) is 16.7. The van der Waals surface area contributed by atoms with Gasteiger partial charge < -0.3 is 20.1 Å². The summed E-state index contributed by atoms with van der Waals surface area (Å²) in [5.74, 6) is 0.271. The second-order valence-corrected chi connectivity index (χ2v) is 13.9. The maximum Gasteiger partial charge on any atom is 0.416 e. The number of hydrogen-bond donors (Lipinski definition) is 2. The molecule has 2 amide bonds. The van der Waals surface area contributed by atoms with E-state index in [1.165, 1.54) is 19.9 Å². The lowest BCUT2D eigenvalue weighted by Gasteiger charge is -2.23. The van der Waals surface area contributed by atoms with E-state index in [0.29, 0.717) is 52.9 Å². The van der Waals surface area contributed by atoms with Crippen LogP contribution in [0.3, 0.4) is 0 Å².